The second-order valence-corrected chi connectivity index (χ2v) is 3.55. The van der Waals surface area contributed by atoms with Gasteiger partial charge in [0.05, 0.1) is 18.4 Å². The zero-order chi connectivity index (χ0) is 13.8. The highest BCUT2D eigenvalue weighted by Crippen LogP contribution is 2.19. The van der Waals surface area contributed by atoms with Crippen LogP contribution in [-0.4, -0.2) is 29.0 Å². The van der Waals surface area contributed by atoms with Gasteiger partial charge in [0.15, 0.2) is 11.6 Å². The lowest BCUT2D eigenvalue weighted by Gasteiger charge is -2.07. The highest BCUT2D eigenvalue weighted by atomic mass is 19.1. The van der Waals surface area contributed by atoms with Gasteiger partial charge in [0.1, 0.15) is 0 Å². The number of aromatic amines is 1. The number of benzene rings is 1. The molecule has 7 heteroatoms. The van der Waals surface area contributed by atoms with Gasteiger partial charge in [-0.3, -0.25) is 4.79 Å². The molecule has 0 fully saturated rings. The zero-order valence-corrected chi connectivity index (χ0v) is 9.94. The molecule has 0 aliphatic heterocycles. The van der Waals surface area contributed by atoms with Crippen LogP contribution in [0, 0.1) is 5.82 Å². The van der Waals surface area contributed by atoms with Gasteiger partial charge in [-0.05, 0) is 12.1 Å². The summed E-state index contributed by atoms with van der Waals surface area (Å²) < 4.78 is 18.4. The highest BCUT2D eigenvalue weighted by molar-refractivity contribution is 6.02. The standard InChI is InChI=1S/C12H10FN3O3/c1-19-12(18)7-3-2-4-8(9(7)13)16-11(17)10-14-5-6-15-10/h2-6H,1H3,(H,14,15)(H,16,17). The molecule has 19 heavy (non-hydrogen) atoms. The average Bonchev–Trinajstić information content (AvgIpc) is 2.94. The van der Waals surface area contributed by atoms with Crippen molar-refractivity contribution < 1.29 is 18.7 Å². The summed E-state index contributed by atoms with van der Waals surface area (Å²) in [6.07, 6.45) is 2.87. The Morgan fingerprint density at radius 2 is 2.21 bits per heavy atom. The SMILES string of the molecule is COC(=O)c1cccc(NC(=O)c2ncc[nH]2)c1F. The molecule has 0 radical (unpaired) electrons. The zero-order valence-electron chi connectivity index (χ0n) is 9.94. The molecular weight excluding hydrogens is 253 g/mol. The second-order valence-electron chi connectivity index (χ2n) is 3.55. The first-order chi connectivity index (χ1) is 9.13. The molecule has 1 amide bonds. The number of methoxy groups -OCH3 is 1. The molecule has 6 nitrogen and oxygen atoms in total. The maximum atomic E-state index is 14.0. The first-order valence-corrected chi connectivity index (χ1v) is 5.31. The molecule has 1 aromatic carbocycles. The molecule has 1 aromatic heterocycles. The Labute approximate surface area is 107 Å². The van der Waals surface area contributed by atoms with E-state index in [1.54, 1.807) is 0 Å². The van der Waals surface area contributed by atoms with E-state index in [2.05, 4.69) is 20.0 Å². The van der Waals surface area contributed by atoms with Crippen molar-refractivity contribution >= 4 is 17.6 Å². The molecule has 0 aliphatic rings. The van der Waals surface area contributed by atoms with Crippen molar-refractivity contribution in [2.24, 2.45) is 0 Å². The van der Waals surface area contributed by atoms with E-state index in [0.717, 1.165) is 7.11 Å². The van der Waals surface area contributed by atoms with Crippen LogP contribution >= 0.6 is 0 Å². The van der Waals surface area contributed by atoms with E-state index in [0.29, 0.717) is 0 Å². The average molecular weight is 263 g/mol. The highest BCUT2D eigenvalue weighted by Gasteiger charge is 2.17. The largest absolute Gasteiger partial charge is 0.465 e. The smallest absolute Gasteiger partial charge is 0.340 e. The van der Waals surface area contributed by atoms with Crippen LogP contribution in [0.15, 0.2) is 30.6 Å². The molecule has 0 spiro atoms. The Hall–Kier alpha value is -2.70. The topological polar surface area (TPSA) is 84.1 Å². The molecule has 1 heterocycles. The summed E-state index contributed by atoms with van der Waals surface area (Å²) in [4.78, 5) is 29.3. The number of nitrogens with one attached hydrogen (secondary N) is 2. The normalized spacial score (nSPS) is 10.0. The Kier molecular flexibility index (Phi) is 3.56. The van der Waals surface area contributed by atoms with Crippen molar-refractivity contribution in [3.05, 3.63) is 47.8 Å². The van der Waals surface area contributed by atoms with Gasteiger partial charge < -0.3 is 15.0 Å². The third kappa shape index (κ3) is 2.59. The molecule has 0 atom stereocenters. The maximum absolute atomic E-state index is 14.0. The monoisotopic (exact) mass is 263 g/mol. The first kappa shape index (κ1) is 12.7. The van der Waals surface area contributed by atoms with Crippen LogP contribution < -0.4 is 5.32 Å². The lowest BCUT2D eigenvalue weighted by atomic mass is 10.2. The minimum absolute atomic E-state index is 0.0443. The molecular formula is C12H10FN3O3. The number of nitrogens with zero attached hydrogens (tertiary/aromatic N) is 1. The van der Waals surface area contributed by atoms with Gasteiger partial charge in [-0.2, -0.15) is 0 Å². The fraction of sp³-hybridized carbons (Fsp3) is 0.0833. The molecule has 2 aromatic rings. The molecule has 0 unspecified atom stereocenters. The lowest BCUT2D eigenvalue weighted by Crippen LogP contribution is -2.16. The summed E-state index contributed by atoms with van der Waals surface area (Å²) in [5.74, 6) is -2.23. The van der Waals surface area contributed by atoms with Crippen LogP contribution in [-0.2, 0) is 4.74 Å². The van der Waals surface area contributed by atoms with Crippen molar-refractivity contribution in [1.29, 1.82) is 0 Å². The van der Waals surface area contributed by atoms with E-state index >= 15 is 0 Å². The number of aromatic nitrogens is 2. The summed E-state index contributed by atoms with van der Waals surface area (Å²) in [7, 11) is 1.15. The van der Waals surface area contributed by atoms with Gasteiger partial charge in [0.25, 0.3) is 5.91 Å². The Morgan fingerprint density at radius 1 is 1.42 bits per heavy atom. The fourth-order valence-electron chi connectivity index (χ4n) is 1.47. The summed E-state index contributed by atoms with van der Waals surface area (Å²) >= 11 is 0. The lowest BCUT2D eigenvalue weighted by molar-refractivity contribution is 0.0595. The molecule has 0 bridgehead atoms. The number of hydrogen-bond acceptors (Lipinski definition) is 4. The third-order valence-electron chi connectivity index (χ3n) is 2.37. The molecule has 0 saturated carbocycles. The van der Waals surface area contributed by atoms with E-state index in [9.17, 15) is 14.0 Å². The van der Waals surface area contributed by atoms with Crippen LogP contribution in [0.1, 0.15) is 21.0 Å². The summed E-state index contributed by atoms with van der Waals surface area (Å²) in [5.41, 5.74) is -0.371. The van der Waals surface area contributed by atoms with Crippen LogP contribution in [0.25, 0.3) is 0 Å². The molecule has 0 aliphatic carbocycles. The first-order valence-electron chi connectivity index (χ1n) is 5.31. The summed E-state index contributed by atoms with van der Waals surface area (Å²) in [5, 5.41) is 2.32. The van der Waals surface area contributed by atoms with Crippen molar-refractivity contribution in [3.63, 3.8) is 0 Å². The number of ether oxygens (including phenoxy) is 1. The van der Waals surface area contributed by atoms with Crippen molar-refractivity contribution in [2.75, 3.05) is 12.4 Å². The number of amides is 1. The number of anilines is 1. The Bertz CT molecular complexity index is 611. The number of hydrogen-bond donors (Lipinski definition) is 2. The predicted molar refractivity (Wildman–Crippen MR) is 64.3 cm³/mol. The van der Waals surface area contributed by atoms with Crippen molar-refractivity contribution in [1.82, 2.24) is 9.97 Å². The minimum Gasteiger partial charge on any atom is -0.465 e. The van der Waals surface area contributed by atoms with Crippen LogP contribution in [0.4, 0.5) is 10.1 Å². The number of imidazole rings is 1. The van der Waals surface area contributed by atoms with Crippen molar-refractivity contribution in [3.8, 4) is 0 Å². The minimum atomic E-state index is -0.853. The number of halogens is 1. The third-order valence-corrected chi connectivity index (χ3v) is 2.37. The second kappa shape index (κ2) is 5.30. The molecule has 2 rings (SSSR count). The number of H-pyrrole nitrogens is 1. The number of rotatable bonds is 3. The summed E-state index contributed by atoms with van der Waals surface area (Å²) in [6, 6.07) is 4.04. The van der Waals surface area contributed by atoms with E-state index in [1.807, 2.05) is 0 Å². The van der Waals surface area contributed by atoms with E-state index in [-0.39, 0.29) is 17.1 Å². The number of esters is 1. The molecule has 98 valence electrons. The molecule has 0 saturated heterocycles. The van der Waals surface area contributed by atoms with Gasteiger partial charge in [-0.15, -0.1) is 0 Å². The molecule has 2 N–H and O–H groups in total. The Morgan fingerprint density at radius 3 is 2.84 bits per heavy atom. The van der Waals surface area contributed by atoms with E-state index in [4.69, 9.17) is 0 Å². The van der Waals surface area contributed by atoms with Crippen molar-refractivity contribution in [2.45, 2.75) is 0 Å². The number of carbonyl (C=O) groups excluding carboxylic acids is 2. The van der Waals surface area contributed by atoms with Crippen LogP contribution in [0.2, 0.25) is 0 Å². The van der Waals surface area contributed by atoms with E-state index in [1.165, 1.54) is 30.6 Å². The predicted octanol–water partition coefficient (Wildman–Crippen LogP) is 1.59. The summed E-state index contributed by atoms with van der Waals surface area (Å²) in [6.45, 7) is 0. The van der Waals surface area contributed by atoms with Gasteiger partial charge in [0.2, 0.25) is 0 Å². The maximum Gasteiger partial charge on any atom is 0.340 e. The van der Waals surface area contributed by atoms with Crippen LogP contribution in [0.5, 0.6) is 0 Å². The van der Waals surface area contributed by atoms with Gasteiger partial charge in [0, 0.05) is 12.4 Å². The van der Waals surface area contributed by atoms with Crippen LogP contribution in [0.3, 0.4) is 0 Å². The van der Waals surface area contributed by atoms with Gasteiger partial charge in [-0.1, -0.05) is 6.07 Å². The quantitative estimate of drug-likeness (QED) is 0.823. The van der Waals surface area contributed by atoms with E-state index < -0.39 is 17.7 Å². The van der Waals surface area contributed by atoms with Gasteiger partial charge in [-0.25, -0.2) is 14.2 Å². The Balaban J connectivity index is 2.26. The fourth-order valence-corrected chi connectivity index (χ4v) is 1.47. The number of carbonyl (C=O) groups is 2. The van der Waals surface area contributed by atoms with Gasteiger partial charge >= 0.3 is 5.97 Å².